The zero-order chi connectivity index (χ0) is 20.1. The van der Waals surface area contributed by atoms with Crippen molar-refractivity contribution in [1.82, 2.24) is 4.90 Å². The molecule has 2 atom stereocenters. The Morgan fingerprint density at radius 2 is 1.66 bits per heavy atom. The quantitative estimate of drug-likeness (QED) is 0.815. The van der Waals surface area contributed by atoms with Gasteiger partial charge in [0.15, 0.2) is 6.61 Å². The summed E-state index contributed by atoms with van der Waals surface area (Å²) in [7, 11) is 0. The van der Waals surface area contributed by atoms with Crippen LogP contribution in [0.2, 0.25) is 0 Å². The standard InChI is InChI=1S/C24H28N2O3/c27-23(26-16-8-10-18-9-4-6-14-21(18)26)17-29-22-15-7-5-13-20(22)24(28)25-19-11-2-1-3-12-19/h1-3,5,7,11-13,15,18,21H,4,6,8-10,14,16-17H2,(H,25,28)/t18-,21+/m1/s1. The van der Waals surface area contributed by atoms with Gasteiger partial charge in [0.25, 0.3) is 11.8 Å². The number of carbonyl (C=O) groups excluding carboxylic acids is 2. The van der Waals surface area contributed by atoms with Gasteiger partial charge in [-0.15, -0.1) is 0 Å². The number of anilines is 1. The van der Waals surface area contributed by atoms with Crippen LogP contribution in [0.1, 0.15) is 48.9 Å². The highest BCUT2D eigenvalue weighted by atomic mass is 16.5. The van der Waals surface area contributed by atoms with Crippen molar-refractivity contribution in [1.29, 1.82) is 0 Å². The Hall–Kier alpha value is -2.82. The van der Waals surface area contributed by atoms with Gasteiger partial charge in [0.2, 0.25) is 0 Å². The molecule has 1 saturated heterocycles. The van der Waals surface area contributed by atoms with E-state index in [1.807, 2.05) is 41.3 Å². The van der Waals surface area contributed by atoms with Crippen LogP contribution in [0.3, 0.4) is 0 Å². The lowest BCUT2D eigenvalue weighted by atomic mass is 9.78. The minimum absolute atomic E-state index is 0.0277. The maximum atomic E-state index is 12.9. The maximum Gasteiger partial charge on any atom is 0.260 e. The second-order valence-corrected chi connectivity index (χ2v) is 7.95. The molecular weight excluding hydrogens is 364 g/mol. The fourth-order valence-electron chi connectivity index (χ4n) is 4.66. The first-order valence-corrected chi connectivity index (χ1v) is 10.6. The van der Waals surface area contributed by atoms with E-state index in [1.165, 1.54) is 25.7 Å². The molecule has 152 valence electrons. The number of benzene rings is 2. The molecule has 0 unspecified atom stereocenters. The maximum absolute atomic E-state index is 12.9. The predicted molar refractivity (Wildman–Crippen MR) is 113 cm³/mol. The van der Waals surface area contributed by atoms with E-state index in [4.69, 9.17) is 4.74 Å². The van der Waals surface area contributed by atoms with E-state index in [9.17, 15) is 9.59 Å². The molecule has 0 spiro atoms. The molecule has 4 rings (SSSR count). The Kier molecular flexibility index (Phi) is 6.13. The van der Waals surface area contributed by atoms with Crippen molar-refractivity contribution in [2.24, 2.45) is 5.92 Å². The molecule has 2 amide bonds. The van der Waals surface area contributed by atoms with E-state index in [0.29, 0.717) is 23.3 Å². The fourth-order valence-corrected chi connectivity index (χ4v) is 4.66. The van der Waals surface area contributed by atoms with Gasteiger partial charge in [-0.25, -0.2) is 0 Å². The van der Waals surface area contributed by atoms with E-state index in [0.717, 1.165) is 25.1 Å². The summed E-state index contributed by atoms with van der Waals surface area (Å²) in [6, 6.07) is 16.7. The molecule has 1 saturated carbocycles. The molecule has 1 aliphatic heterocycles. The van der Waals surface area contributed by atoms with Crippen molar-refractivity contribution in [2.45, 2.75) is 44.6 Å². The van der Waals surface area contributed by atoms with Crippen molar-refractivity contribution in [3.05, 3.63) is 60.2 Å². The molecule has 5 heteroatoms. The third kappa shape index (κ3) is 4.61. The molecule has 29 heavy (non-hydrogen) atoms. The monoisotopic (exact) mass is 392 g/mol. The second kappa shape index (κ2) is 9.12. The molecule has 2 aliphatic rings. The first-order chi connectivity index (χ1) is 14.2. The van der Waals surface area contributed by atoms with E-state index < -0.39 is 0 Å². The van der Waals surface area contributed by atoms with Gasteiger partial charge in [-0.1, -0.05) is 43.2 Å². The number of hydrogen-bond donors (Lipinski definition) is 1. The van der Waals surface area contributed by atoms with Gasteiger partial charge in [-0.2, -0.15) is 0 Å². The fraction of sp³-hybridized carbons (Fsp3) is 0.417. The summed E-state index contributed by atoms with van der Waals surface area (Å²) in [4.78, 5) is 27.6. The summed E-state index contributed by atoms with van der Waals surface area (Å²) in [5.74, 6) is 0.862. The number of carbonyl (C=O) groups is 2. The summed E-state index contributed by atoms with van der Waals surface area (Å²) in [6.07, 6.45) is 7.13. The third-order valence-electron chi connectivity index (χ3n) is 6.08. The van der Waals surface area contributed by atoms with E-state index >= 15 is 0 Å². The van der Waals surface area contributed by atoms with E-state index in [1.54, 1.807) is 18.2 Å². The second-order valence-electron chi connectivity index (χ2n) is 7.95. The summed E-state index contributed by atoms with van der Waals surface area (Å²) in [5, 5.41) is 2.87. The van der Waals surface area contributed by atoms with Crippen LogP contribution in [0.25, 0.3) is 0 Å². The van der Waals surface area contributed by atoms with Crippen molar-refractivity contribution >= 4 is 17.5 Å². The predicted octanol–water partition coefficient (Wildman–Crippen LogP) is 4.50. The summed E-state index contributed by atoms with van der Waals surface area (Å²) in [6.45, 7) is 0.790. The number of para-hydroxylation sites is 2. The van der Waals surface area contributed by atoms with E-state index in [2.05, 4.69) is 5.32 Å². The topological polar surface area (TPSA) is 58.6 Å². The number of likely N-dealkylation sites (tertiary alicyclic amines) is 1. The van der Waals surface area contributed by atoms with Crippen LogP contribution >= 0.6 is 0 Å². The van der Waals surface area contributed by atoms with Crippen molar-refractivity contribution < 1.29 is 14.3 Å². The molecule has 5 nitrogen and oxygen atoms in total. The summed E-state index contributed by atoms with van der Waals surface area (Å²) >= 11 is 0. The lowest BCUT2D eigenvalue weighted by Crippen LogP contribution is -2.51. The van der Waals surface area contributed by atoms with Crippen molar-refractivity contribution in [3.63, 3.8) is 0 Å². The van der Waals surface area contributed by atoms with Crippen LogP contribution in [0, 0.1) is 5.92 Å². The number of ether oxygens (including phenoxy) is 1. The van der Waals surface area contributed by atoms with Crippen molar-refractivity contribution in [3.8, 4) is 5.75 Å². The molecule has 0 radical (unpaired) electrons. The highest BCUT2D eigenvalue weighted by Crippen LogP contribution is 2.35. The Labute approximate surface area is 172 Å². The van der Waals surface area contributed by atoms with Crippen LogP contribution in [-0.4, -0.2) is 35.9 Å². The van der Waals surface area contributed by atoms with Crippen LogP contribution in [0.4, 0.5) is 5.69 Å². The smallest absolute Gasteiger partial charge is 0.260 e. The number of nitrogens with zero attached hydrogens (tertiary/aromatic N) is 1. The third-order valence-corrected chi connectivity index (χ3v) is 6.08. The van der Waals surface area contributed by atoms with Crippen LogP contribution in [0.5, 0.6) is 5.75 Å². The van der Waals surface area contributed by atoms with E-state index in [-0.39, 0.29) is 18.4 Å². The van der Waals surface area contributed by atoms with Gasteiger partial charge in [0, 0.05) is 18.3 Å². The molecule has 2 aromatic carbocycles. The van der Waals surface area contributed by atoms with Gasteiger partial charge in [0.1, 0.15) is 5.75 Å². The van der Waals surface area contributed by atoms with Gasteiger partial charge < -0.3 is 15.0 Å². The average Bonchev–Trinajstić information content (AvgIpc) is 2.78. The summed E-state index contributed by atoms with van der Waals surface area (Å²) in [5.41, 5.74) is 1.15. The molecule has 1 heterocycles. The SMILES string of the molecule is O=C(Nc1ccccc1)c1ccccc1OCC(=O)N1CCC[C@H]2CCCC[C@@H]21. The molecule has 0 bridgehead atoms. The Morgan fingerprint density at radius 1 is 0.931 bits per heavy atom. The number of amides is 2. The number of nitrogens with one attached hydrogen (secondary N) is 1. The summed E-state index contributed by atoms with van der Waals surface area (Å²) < 4.78 is 5.84. The number of hydrogen-bond acceptors (Lipinski definition) is 3. The van der Waals surface area contributed by atoms with Crippen LogP contribution in [-0.2, 0) is 4.79 Å². The normalized spacial score (nSPS) is 21.2. The van der Waals surface area contributed by atoms with Crippen LogP contribution in [0.15, 0.2) is 54.6 Å². The van der Waals surface area contributed by atoms with Crippen molar-refractivity contribution in [2.75, 3.05) is 18.5 Å². The van der Waals surface area contributed by atoms with Crippen LogP contribution < -0.4 is 10.1 Å². The molecular formula is C24H28N2O3. The minimum atomic E-state index is -0.246. The van der Waals surface area contributed by atoms with Gasteiger partial charge >= 0.3 is 0 Å². The van der Waals surface area contributed by atoms with Gasteiger partial charge in [0.05, 0.1) is 5.56 Å². The Morgan fingerprint density at radius 3 is 2.52 bits per heavy atom. The highest BCUT2D eigenvalue weighted by molar-refractivity contribution is 6.06. The van der Waals surface area contributed by atoms with Gasteiger partial charge in [-0.3, -0.25) is 9.59 Å². The molecule has 1 N–H and O–H groups in total. The zero-order valence-electron chi connectivity index (χ0n) is 16.7. The average molecular weight is 392 g/mol. The molecule has 2 fully saturated rings. The minimum Gasteiger partial charge on any atom is -0.483 e. The van der Waals surface area contributed by atoms with Gasteiger partial charge in [-0.05, 0) is 55.9 Å². The highest BCUT2D eigenvalue weighted by Gasteiger charge is 2.35. The molecule has 2 aromatic rings. The molecule has 0 aromatic heterocycles. The first-order valence-electron chi connectivity index (χ1n) is 10.6. The first kappa shape index (κ1) is 19.5. The lowest BCUT2D eigenvalue weighted by molar-refractivity contribution is -0.139. The zero-order valence-corrected chi connectivity index (χ0v) is 16.7. The Balaban J connectivity index is 1.41. The lowest BCUT2D eigenvalue weighted by Gasteiger charge is -2.44. The largest absolute Gasteiger partial charge is 0.483 e. The molecule has 1 aliphatic carbocycles. The Bertz CT molecular complexity index is 850. The number of fused-ring (bicyclic) bond motifs is 1. The number of rotatable bonds is 5. The number of piperidine rings is 1.